The van der Waals surface area contributed by atoms with Crippen LogP contribution in [0, 0.1) is 0 Å². The molecule has 2 heterocycles. The molecule has 0 unspecified atom stereocenters. The predicted molar refractivity (Wildman–Crippen MR) is 102 cm³/mol. The maximum absolute atomic E-state index is 12.2. The topological polar surface area (TPSA) is 76.1 Å². The van der Waals surface area contributed by atoms with Gasteiger partial charge in [-0.3, -0.25) is 4.79 Å². The van der Waals surface area contributed by atoms with Crippen molar-refractivity contribution in [1.29, 1.82) is 0 Å². The predicted octanol–water partition coefficient (Wildman–Crippen LogP) is 3.85. The van der Waals surface area contributed by atoms with Gasteiger partial charge in [0.25, 0.3) is 0 Å². The number of nitrogens with zero attached hydrogens (tertiary/aromatic N) is 1. The number of thiophene rings is 1. The first-order valence-corrected chi connectivity index (χ1v) is 11.0. The minimum atomic E-state index is -3.23. The normalized spacial score (nSPS) is 11.4. The molecule has 8 heteroatoms. The van der Waals surface area contributed by atoms with Crippen molar-refractivity contribution in [3.8, 4) is 9.88 Å². The molecule has 0 atom stereocenters. The number of carbonyl (C=O) groups excluding carboxylic acids is 1. The van der Waals surface area contributed by atoms with Crippen LogP contribution in [0.15, 0.2) is 52.1 Å². The molecule has 0 aliphatic carbocycles. The van der Waals surface area contributed by atoms with E-state index in [1.54, 1.807) is 30.4 Å². The highest BCUT2D eigenvalue weighted by Crippen LogP contribution is 2.28. The SMILES string of the molecule is CCS(=O)(=O)c1ccc(NC(=O)Cc2csc(-c3cccs3)n2)cc1. The minimum Gasteiger partial charge on any atom is -0.326 e. The second-order valence-corrected chi connectivity index (χ2v) is 9.36. The minimum absolute atomic E-state index is 0.0507. The number of anilines is 1. The van der Waals surface area contributed by atoms with E-state index in [1.165, 1.54) is 23.5 Å². The van der Waals surface area contributed by atoms with Gasteiger partial charge in [0, 0.05) is 11.1 Å². The Labute approximate surface area is 154 Å². The fourth-order valence-electron chi connectivity index (χ4n) is 2.18. The average Bonchev–Trinajstić information content (AvgIpc) is 3.26. The number of benzene rings is 1. The Hall–Kier alpha value is -2.03. The van der Waals surface area contributed by atoms with E-state index >= 15 is 0 Å². The molecule has 0 aliphatic rings. The van der Waals surface area contributed by atoms with Crippen LogP contribution in [0.5, 0.6) is 0 Å². The largest absolute Gasteiger partial charge is 0.326 e. The first-order chi connectivity index (χ1) is 12.0. The van der Waals surface area contributed by atoms with Crippen molar-refractivity contribution in [2.45, 2.75) is 18.2 Å². The molecule has 0 saturated heterocycles. The molecule has 25 heavy (non-hydrogen) atoms. The Kier molecular flexibility index (Phi) is 5.31. The van der Waals surface area contributed by atoms with E-state index in [1.807, 2.05) is 22.9 Å². The lowest BCUT2D eigenvalue weighted by atomic mass is 10.3. The van der Waals surface area contributed by atoms with Crippen molar-refractivity contribution in [1.82, 2.24) is 4.98 Å². The van der Waals surface area contributed by atoms with Crippen molar-refractivity contribution < 1.29 is 13.2 Å². The fraction of sp³-hybridized carbons (Fsp3) is 0.176. The number of amides is 1. The van der Waals surface area contributed by atoms with Crippen LogP contribution in [-0.4, -0.2) is 25.1 Å². The van der Waals surface area contributed by atoms with Gasteiger partial charge in [0.2, 0.25) is 5.91 Å². The van der Waals surface area contributed by atoms with Crippen LogP contribution >= 0.6 is 22.7 Å². The van der Waals surface area contributed by atoms with E-state index in [0.717, 1.165) is 15.6 Å². The van der Waals surface area contributed by atoms with Gasteiger partial charge < -0.3 is 5.32 Å². The zero-order chi connectivity index (χ0) is 17.9. The van der Waals surface area contributed by atoms with E-state index in [9.17, 15) is 13.2 Å². The summed E-state index contributed by atoms with van der Waals surface area (Å²) in [6, 6.07) is 10.2. The van der Waals surface area contributed by atoms with E-state index in [0.29, 0.717) is 5.69 Å². The smallest absolute Gasteiger partial charge is 0.230 e. The quantitative estimate of drug-likeness (QED) is 0.691. The number of hydrogen-bond donors (Lipinski definition) is 1. The lowest BCUT2D eigenvalue weighted by Gasteiger charge is -2.06. The maximum atomic E-state index is 12.2. The second-order valence-electron chi connectivity index (χ2n) is 5.27. The average molecular weight is 393 g/mol. The van der Waals surface area contributed by atoms with Crippen molar-refractivity contribution >= 4 is 44.1 Å². The van der Waals surface area contributed by atoms with E-state index in [-0.39, 0.29) is 23.0 Å². The number of aromatic nitrogens is 1. The molecule has 5 nitrogen and oxygen atoms in total. The summed E-state index contributed by atoms with van der Waals surface area (Å²) in [6.07, 6.45) is 0.177. The molecule has 2 aromatic heterocycles. The number of thiazole rings is 1. The van der Waals surface area contributed by atoms with Crippen molar-refractivity contribution in [3.63, 3.8) is 0 Å². The van der Waals surface area contributed by atoms with Crippen molar-refractivity contribution in [2.24, 2.45) is 0 Å². The van der Waals surface area contributed by atoms with Gasteiger partial charge in [-0.15, -0.1) is 22.7 Å². The molecule has 0 bridgehead atoms. The first-order valence-electron chi connectivity index (χ1n) is 7.59. The molecule has 1 N–H and O–H groups in total. The zero-order valence-corrected chi connectivity index (χ0v) is 15.9. The van der Waals surface area contributed by atoms with Crippen LogP contribution in [0.3, 0.4) is 0 Å². The highest BCUT2D eigenvalue weighted by molar-refractivity contribution is 7.91. The summed E-state index contributed by atoms with van der Waals surface area (Å²) in [5.41, 5.74) is 1.28. The third-order valence-corrected chi connectivity index (χ3v) is 7.18. The molecule has 3 rings (SSSR count). The molecular weight excluding hydrogens is 376 g/mol. The summed E-state index contributed by atoms with van der Waals surface area (Å²) in [4.78, 5) is 18.0. The third-order valence-electron chi connectivity index (χ3n) is 3.50. The molecule has 130 valence electrons. The molecule has 3 aromatic rings. The highest BCUT2D eigenvalue weighted by Gasteiger charge is 2.12. The summed E-state index contributed by atoms with van der Waals surface area (Å²) in [5.74, 6) is -0.135. The third kappa shape index (κ3) is 4.33. The number of nitrogens with one attached hydrogen (secondary N) is 1. The van der Waals surface area contributed by atoms with Gasteiger partial charge in [0.1, 0.15) is 5.01 Å². The molecule has 0 spiro atoms. The van der Waals surface area contributed by atoms with Crippen LogP contribution in [0.2, 0.25) is 0 Å². The molecule has 0 radical (unpaired) electrons. The summed E-state index contributed by atoms with van der Waals surface area (Å²) in [6.45, 7) is 1.60. The van der Waals surface area contributed by atoms with Crippen LogP contribution in [0.4, 0.5) is 5.69 Å². The van der Waals surface area contributed by atoms with Crippen LogP contribution in [-0.2, 0) is 21.1 Å². The van der Waals surface area contributed by atoms with Gasteiger partial charge in [0.15, 0.2) is 9.84 Å². The Morgan fingerprint density at radius 2 is 1.92 bits per heavy atom. The Balaban J connectivity index is 1.63. The van der Waals surface area contributed by atoms with Gasteiger partial charge in [-0.2, -0.15) is 0 Å². The number of carbonyl (C=O) groups is 1. The first kappa shape index (κ1) is 17.8. The van der Waals surface area contributed by atoms with Crippen molar-refractivity contribution in [3.05, 3.63) is 52.9 Å². The van der Waals surface area contributed by atoms with Gasteiger partial charge >= 0.3 is 0 Å². The van der Waals surface area contributed by atoms with E-state index < -0.39 is 9.84 Å². The van der Waals surface area contributed by atoms with Crippen LogP contribution in [0.25, 0.3) is 9.88 Å². The molecule has 0 fully saturated rings. The Morgan fingerprint density at radius 1 is 1.16 bits per heavy atom. The standard InChI is InChI=1S/C17H16N2O3S3/c1-2-25(21,22)14-7-5-12(6-8-14)18-16(20)10-13-11-24-17(19-13)15-4-3-9-23-15/h3-9,11H,2,10H2,1H3,(H,18,20). The Bertz CT molecular complexity index is 959. The van der Waals surface area contributed by atoms with Gasteiger partial charge in [0.05, 0.1) is 27.6 Å². The Morgan fingerprint density at radius 3 is 2.56 bits per heavy atom. The van der Waals surface area contributed by atoms with E-state index in [2.05, 4.69) is 10.3 Å². The number of sulfone groups is 1. The second kappa shape index (κ2) is 7.47. The lowest BCUT2D eigenvalue weighted by Crippen LogP contribution is -2.14. The summed E-state index contributed by atoms with van der Waals surface area (Å²) in [5, 5.41) is 7.55. The summed E-state index contributed by atoms with van der Waals surface area (Å²) >= 11 is 3.13. The molecule has 1 aromatic carbocycles. The molecular formula is C17H16N2O3S3. The van der Waals surface area contributed by atoms with Crippen molar-refractivity contribution in [2.75, 3.05) is 11.1 Å². The van der Waals surface area contributed by atoms with Gasteiger partial charge in [-0.25, -0.2) is 13.4 Å². The van der Waals surface area contributed by atoms with Gasteiger partial charge in [-0.05, 0) is 35.7 Å². The summed E-state index contributed by atoms with van der Waals surface area (Å²) < 4.78 is 23.6. The highest BCUT2D eigenvalue weighted by atomic mass is 32.2. The zero-order valence-electron chi connectivity index (χ0n) is 13.4. The van der Waals surface area contributed by atoms with Crippen LogP contribution in [0.1, 0.15) is 12.6 Å². The number of rotatable bonds is 6. The maximum Gasteiger partial charge on any atom is 0.230 e. The van der Waals surface area contributed by atoms with Crippen LogP contribution < -0.4 is 5.32 Å². The number of hydrogen-bond acceptors (Lipinski definition) is 6. The lowest BCUT2D eigenvalue weighted by molar-refractivity contribution is -0.115. The van der Waals surface area contributed by atoms with E-state index in [4.69, 9.17) is 0 Å². The molecule has 0 aliphatic heterocycles. The molecule has 0 saturated carbocycles. The molecule has 1 amide bonds. The summed E-state index contributed by atoms with van der Waals surface area (Å²) in [7, 11) is -3.23. The fourth-order valence-corrected chi connectivity index (χ4v) is 4.70. The van der Waals surface area contributed by atoms with Gasteiger partial charge in [-0.1, -0.05) is 13.0 Å². The monoisotopic (exact) mass is 392 g/mol.